The molecule has 0 aliphatic heterocycles. The van der Waals surface area contributed by atoms with Gasteiger partial charge in [-0.15, -0.1) is 0 Å². The Balaban J connectivity index is 2.05. The third-order valence-electron chi connectivity index (χ3n) is 3.44. The van der Waals surface area contributed by atoms with Crippen LogP contribution in [0.25, 0.3) is 0 Å². The van der Waals surface area contributed by atoms with E-state index in [9.17, 15) is 14.7 Å². The molecule has 0 atom stereocenters. The van der Waals surface area contributed by atoms with Crippen molar-refractivity contribution in [3.63, 3.8) is 0 Å². The lowest BCUT2D eigenvalue weighted by molar-refractivity contribution is -0.123. The lowest BCUT2D eigenvalue weighted by Crippen LogP contribution is -2.24. The fourth-order valence-electron chi connectivity index (χ4n) is 2.21. The van der Waals surface area contributed by atoms with E-state index >= 15 is 0 Å². The monoisotopic (exact) mass is 426 g/mol. The number of aromatic carboxylic acids is 1. The van der Waals surface area contributed by atoms with Crippen molar-refractivity contribution in [2.75, 3.05) is 20.8 Å². The van der Waals surface area contributed by atoms with Crippen LogP contribution in [0, 0.1) is 0 Å². The first-order valence-electron chi connectivity index (χ1n) is 7.75. The molecule has 2 N–H and O–H groups in total. The molecule has 0 fully saturated rings. The van der Waals surface area contributed by atoms with Gasteiger partial charge in [0.1, 0.15) is 11.3 Å². The Morgan fingerprint density at radius 3 is 2.46 bits per heavy atom. The van der Waals surface area contributed by atoms with Crippen LogP contribution in [0.4, 0.5) is 0 Å². The summed E-state index contributed by atoms with van der Waals surface area (Å²) in [5.41, 5.74) is 2.30. The molecule has 10 heteroatoms. The summed E-state index contributed by atoms with van der Waals surface area (Å²) >= 11 is 11.7. The number of hydrogen-bond acceptors (Lipinski definition) is 6. The Labute approximate surface area is 170 Å². The highest BCUT2D eigenvalue weighted by molar-refractivity contribution is 6.35. The fourth-order valence-corrected chi connectivity index (χ4v) is 2.68. The number of carbonyl (C=O) groups is 2. The molecule has 0 saturated heterocycles. The number of halogens is 2. The average Bonchev–Trinajstić information content (AvgIpc) is 2.66. The molecule has 2 rings (SSSR count). The summed E-state index contributed by atoms with van der Waals surface area (Å²) in [5, 5.41) is 13.9. The zero-order valence-corrected chi connectivity index (χ0v) is 16.4. The third-order valence-corrected chi connectivity index (χ3v) is 3.97. The number of benzene rings is 2. The summed E-state index contributed by atoms with van der Waals surface area (Å²) in [5.74, 6) is -1.21. The molecule has 0 radical (unpaired) electrons. The number of carboxylic acid groups (broad SMARTS) is 1. The fraction of sp³-hybridized carbons (Fsp3) is 0.167. The molecule has 0 bridgehead atoms. The predicted octanol–water partition coefficient (Wildman–Crippen LogP) is 3.24. The van der Waals surface area contributed by atoms with Gasteiger partial charge >= 0.3 is 5.97 Å². The predicted molar refractivity (Wildman–Crippen MR) is 104 cm³/mol. The Hall–Kier alpha value is -2.97. The lowest BCUT2D eigenvalue weighted by Gasteiger charge is -2.12. The van der Waals surface area contributed by atoms with E-state index in [1.54, 1.807) is 6.07 Å². The molecule has 0 spiro atoms. The van der Waals surface area contributed by atoms with E-state index in [0.29, 0.717) is 10.8 Å². The molecule has 2 aromatic rings. The molecule has 0 aliphatic rings. The van der Waals surface area contributed by atoms with E-state index in [1.807, 2.05) is 0 Å². The molecule has 0 heterocycles. The van der Waals surface area contributed by atoms with Crippen molar-refractivity contribution in [3.05, 3.63) is 51.5 Å². The minimum absolute atomic E-state index is 0.0472. The van der Waals surface area contributed by atoms with Gasteiger partial charge in [0, 0.05) is 10.6 Å². The topological polar surface area (TPSA) is 106 Å². The minimum atomic E-state index is -1.23. The van der Waals surface area contributed by atoms with Crippen LogP contribution in [-0.4, -0.2) is 44.0 Å². The van der Waals surface area contributed by atoms with Gasteiger partial charge in [0.15, 0.2) is 18.1 Å². The standard InChI is InChI=1S/C18H16Cl2N2O6/c1-26-14-5-3-10(16(18(24)25)17(14)27-2)8-21-22-15(23)9-28-13-6-4-11(19)7-12(13)20/h3-8H,9H2,1-2H3,(H,22,23)(H,24,25). The van der Waals surface area contributed by atoms with E-state index in [2.05, 4.69) is 10.5 Å². The van der Waals surface area contributed by atoms with Gasteiger partial charge in [-0.3, -0.25) is 4.79 Å². The molecule has 0 aromatic heterocycles. The molecular weight excluding hydrogens is 411 g/mol. The quantitative estimate of drug-likeness (QED) is 0.495. The van der Waals surface area contributed by atoms with Crippen LogP contribution in [0.1, 0.15) is 15.9 Å². The number of nitrogens with zero attached hydrogens (tertiary/aromatic N) is 1. The van der Waals surface area contributed by atoms with Crippen LogP contribution >= 0.6 is 23.2 Å². The van der Waals surface area contributed by atoms with Crippen LogP contribution in [0.5, 0.6) is 17.2 Å². The Kier molecular flexibility index (Phi) is 7.48. The van der Waals surface area contributed by atoms with Gasteiger partial charge < -0.3 is 19.3 Å². The van der Waals surface area contributed by atoms with Crippen LogP contribution in [-0.2, 0) is 4.79 Å². The molecular formula is C18H16Cl2N2O6. The molecule has 0 aliphatic carbocycles. The van der Waals surface area contributed by atoms with Crippen molar-refractivity contribution in [3.8, 4) is 17.2 Å². The molecule has 148 valence electrons. The molecule has 0 unspecified atom stereocenters. The highest BCUT2D eigenvalue weighted by Crippen LogP contribution is 2.33. The normalized spacial score (nSPS) is 10.6. The van der Waals surface area contributed by atoms with E-state index in [0.717, 1.165) is 0 Å². The minimum Gasteiger partial charge on any atom is -0.493 e. The van der Waals surface area contributed by atoms with Gasteiger partial charge in [0.25, 0.3) is 5.91 Å². The molecule has 2 aromatic carbocycles. The van der Waals surface area contributed by atoms with Crippen molar-refractivity contribution in [2.45, 2.75) is 0 Å². The zero-order chi connectivity index (χ0) is 20.7. The molecule has 28 heavy (non-hydrogen) atoms. The number of hydrogen-bond donors (Lipinski definition) is 2. The van der Waals surface area contributed by atoms with Crippen LogP contribution in [0.2, 0.25) is 10.0 Å². The van der Waals surface area contributed by atoms with Crippen molar-refractivity contribution in [2.24, 2.45) is 5.10 Å². The first kappa shape index (κ1) is 21.3. The number of methoxy groups -OCH3 is 2. The number of ether oxygens (including phenoxy) is 3. The second-order valence-corrected chi connectivity index (χ2v) is 6.07. The summed E-state index contributed by atoms with van der Waals surface area (Å²) in [6, 6.07) is 7.59. The van der Waals surface area contributed by atoms with E-state index in [-0.39, 0.29) is 34.3 Å². The van der Waals surface area contributed by atoms with Gasteiger partial charge in [-0.2, -0.15) is 5.10 Å². The van der Waals surface area contributed by atoms with Gasteiger partial charge in [-0.25, -0.2) is 10.2 Å². The number of rotatable bonds is 8. The molecule has 0 saturated carbocycles. The maximum Gasteiger partial charge on any atom is 0.340 e. The average molecular weight is 427 g/mol. The summed E-state index contributed by atoms with van der Waals surface area (Å²) in [6.07, 6.45) is 1.18. The highest BCUT2D eigenvalue weighted by Gasteiger charge is 2.20. The van der Waals surface area contributed by atoms with Crippen LogP contribution in [0.15, 0.2) is 35.4 Å². The van der Waals surface area contributed by atoms with Crippen LogP contribution in [0.3, 0.4) is 0 Å². The van der Waals surface area contributed by atoms with E-state index < -0.39 is 11.9 Å². The van der Waals surface area contributed by atoms with Crippen molar-refractivity contribution >= 4 is 41.3 Å². The SMILES string of the molecule is COc1ccc(C=NNC(=O)COc2ccc(Cl)cc2Cl)c(C(=O)O)c1OC. The summed E-state index contributed by atoms with van der Waals surface area (Å²) < 4.78 is 15.5. The van der Waals surface area contributed by atoms with E-state index in [1.165, 1.54) is 44.7 Å². The largest absolute Gasteiger partial charge is 0.493 e. The Bertz CT molecular complexity index is 917. The first-order chi connectivity index (χ1) is 13.4. The van der Waals surface area contributed by atoms with Crippen molar-refractivity contribution in [1.29, 1.82) is 0 Å². The van der Waals surface area contributed by atoms with Crippen molar-refractivity contribution in [1.82, 2.24) is 5.43 Å². The third kappa shape index (κ3) is 5.28. The summed E-state index contributed by atoms with van der Waals surface area (Å²) in [4.78, 5) is 23.4. The Morgan fingerprint density at radius 1 is 1.14 bits per heavy atom. The first-order valence-corrected chi connectivity index (χ1v) is 8.51. The molecule has 1 amide bonds. The maximum absolute atomic E-state index is 11.8. The number of amides is 1. The van der Waals surface area contributed by atoms with Crippen molar-refractivity contribution < 1.29 is 28.9 Å². The van der Waals surface area contributed by atoms with Crippen LogP contribution < -0.4 is 19.6 Å². The number of hydrazone groups is 1. The number of carboxylic acids is 1. The summed E-state index contributed by atoms with van der Waals surface area (Å²) in [7, 11) is 2.72. The Morgan fingerprint density at radius 2 is 1.86 bits per heavy atom. The number of nitrogens with one attached hydrogen (secondary N) is 1. The van der Waals surface area contributed by atoms with Gasteiger partial charge in [0.2, 0.25) is 0 Å². The van der Waals surface area contributed by atoms with Gasteiger partial charge in [0.05, 0.1) is 25.5 Å². The maximum atomic E-state index is 11.8. The second kappa shape index (κ2) is 9.82. The lowest BCUT2D eigenvalue weighted by atomic mass is 10.1. The zero-order valence-electron chi connectivity index (χ0n) is 14.9. The smallest absolute Gasteiger partial charge is 0.340 e. The van der Waals surface area contributed by atoms with Gasteiger partial charge in [-0.1, -0.05) is 23.2 Å². The highest BCUT2D eigenvalue weighted by atomic mass is 35.5. The number of carbonyl (C=O) groups excluding carboxylic acids is 1. The van der Waals surface area contributed by atoms with Gasteiger partial charge in [-0.05, 0) is 30.3 Å². The second-order valence-electron chi connectivity index (χ2n) is 5.23. The van der Waals surface area contributed by atoms with E-state index in [4.69, 9.17) is 37.4 Å². The molecule has 8 nitrogen and oxygen atoms in total. The summed E-state index contributed by atoms with van der Waals surface area (Å²) in [6.45, 7) is -0.351.